The number of carbonyl (C=O) groups excluding carboxylic acids is 1. The van der Waals surface area contributed by atoms with E-state index >= 15 is 0 Å². The zero-order valence-electron chi connectivity index (χ0n) is 19.0. The van der Waals surface area contributed by atoms with Crippen molar-refractivity contribution in [2.45, 2.75) is 89.3 Å². The number of likely N-dealkylation sites (tertiary alicyclic amines) is 1. The van der Waals surface area contributed by atoms with Gasteiger partial charge in [-0.1, -0.05) is 38.3 Å². The second kappa shape index (κ2) is 11.1. The summed E-state index contributed by atoms with van der Waals surface area (Å²) in [5.74, 6) is 1.79. The molecule has 0 radical (unpaired) electrons. The van der Waals surface area contributed by atoms with Gasteiger partial charge in [-0.25, -0.2) is 0 Å². The Balaban J connectivity index is 1.63. The topological polar surface area (TPSA) is 52.6 Å². The minimum absolute atomic E-state index is 0.101. The van der Waals surface area contributed by atoms with Crippen LogP contribution in [0.25, 0.3) is 0 Å². The molecule has 1 aliphatic heterocycles. The Hall–Kier alpha value is -0.230. The fraction of sp³-hybridized carbons (Fsp3) is 0.875. The first-order valence-electron chi connectivity index (χ1n) is 11.9. The Morgan fingerprint density at radius 2 is 2.07 bits per heavy atom. The van der Waals surface area contributed by atoms with E-state index in [2.05, 4.69) is 36.4 Å². The molecule has 2 N–H and O–H groups in total. The molecule has 0 aromatic heterocycles. The number of piperidine rings is 1. The second-order valence-corrected chi connectivity index (χ2v) is 11.8. The Kier molecular flexibility index (Phi) is 9.01. The van der Waals surface area contributed by atoms with Gasteiger partial charge in [-0.15, -0.1) is 11.6 Å². The Morgan fingerprint density at radius 1 is 1.33 bits per heavy atom. The smallest absolute Gasteiger partial charge is 0.223 e. The number of amides is 1. The molecular formula is C24H41ClN2O2S. The molecule has 6 heteroatoms. The van der Waals surface area contributed by atoms with Gasteiger partial charge in [-0.05, 0) is 68.3 Å². The molecule has 4 nitrogen and oxygen atoms in total. The number of alkyl halides is 1. The van der Waals surface area contributed by atoms with Crippen LogP contribution < -0.4 is 5.32 Å². The van der Waals surface area contributed by atoms with Crippen molar-refractivity contribution in [3.63, 3.8) is 0 Å². The van der Waals surface area contributed by atoms with Crippen molar-refractivity contribution in [3.05, 3.63) is 11.6 Å². The SMILES string of the molecule is CSCC[C@@H](NC(=O)C1CCCC1)C(O)N1CCC(C2=CCC(Cl)CC2)C(C)(C)C1. The number of aliphatic hydroxyl groups is 1. The molecule has 3 unspecified atom stereocenters. The summed E-state index contributed by atoms with van der Waals surface area (Å²) in [6, 6.07) is -0.191. The first-order valence-corrected chi connectivity index (χ1v) is 13.7. The molecule has 1 amide bonds. The molecule has 30 heavy (non-hydrogen) atoms. The molecule has 1 saturated heterocycles. The number of halogens is 1. The summed E-state index contributed by atoms with van der Waals surface area (Å²) in [4.78, 5) is 15.0. The number of hydrogen-bond acceptors (Lipinski definition) is 4. The lowest BCUT2D eigenvalue weighted by Gasteiger charge is -2.48. The number of rotatable bonds is 8. The number of thioether (sulfide) groups is 1. The fourth-order valence-corrected chi connectivity index (χ4v) is 6.42. The molecule has 2 aliphatic carbocycles. The summed E-state index contributed by atoms with van der Waals surface area (Å²) in [5, 5.41) is 14.8. The molecular weight excluding hydrogens is 416 g/mol. The van der Waals surface area contributed by atoms with Gasteiger partial charge in [0.1, 0.15) is 6.23 Å². The molecule has 0 aromatic carbocycles. The van der Waals surface area contributed by atoms with Crippen molar-refractivity contribution in [1.29, 1.82) is 0 Å². The van der Waals surface area contributed by atoms with E-state index in [1.807, 2.05) is 0 Å². The van der Waals surface area contributed by atoms with Gasteiger partial charge < -0.3 is 10.4 Å². The Labute approximate surface area is 192 Å². The molecule has 2 fully saturated rings. The van der Waals surface area contributed by atoms with E-state index in [0.29, 0.717) is 11.3 Å². The highest BCUT2D eigenvalue weighted by molar-refractivity contribution is 7.98. The molecule has 4 atom stereocenters. The molecule has 0 aromatic rings. The van der Waals surface area contributed by atoms with Gasteiger partial charge in [0.15, 0.2) is 0 Å². The van der Waals surface area contributed by atoms with Crippen LogP contribution in [0.1, 0.15) is 71.6 Å². The number of nitrogens with zero attached hydrogens (tertiary/aromatic N) is 1. The maximum atomic E-state index is 12.8. The Bertz CT molecular complexity index is 606. The van der Waals surface area contributed by atoms with Crippen LogP contribution in [0.15, 0.2) is 11.6 Å². The third-order valence-electron chi connectivity index (χ3n) is 7.51. The average molecular weight is 457 g/mol. The van der Waals surface area contributed by atoms with Crippen LogP contribution in [0.4, 0.5) is 0 Å². The van der Waals surface area contributed by atoms with Gasteiger partial charge >= 0.3 is 0 Å². The molecule has 3 rings (SSSR count). The summed E-state index contributed by atoms with van der Waals surface area (Å²) in [7, 11) is 0. The molecule has 1 saturated carbocycles. The highest BCUT2D eigenvalue weighted by atomic mass is 35.5. The van der Waals surface area contributed by atoms with E-state index in [1.165, 1.54) is 0 Å². The van der Waals surface area contributed by atoms with Crippen molar-refractivity contribution >= 4 is 29.3 Å². The van der Waals surface area contributed by atoms with Crippen molar-refractivity contribution in [1.82, 2.24) is 10.2 Å². The van der Waals surface area contributed by atoms with Crippen LogP contribution in [-0.4, -0.2) is 58.7 Å². The standard InChI is InChI=1S/C24H41ClN2O2S/c1-24(2)16-27(14-12-20(24)17-8-10-19(25)11-9-17)23(29)21(13-15-30-3)26-22(28)18-6-4-5-7-18/h8,18-21,23,29H,4-7,9-16H2,1-3H3,(H,26,28)/t19?,20?,21-,23?/m1/s1. The summed E-state index contributed by atoms with van der Waals surface area (Å²) in [5.41, 5.74) is 1.67. The van der Waals surface area contributed by atoms with Crippen LogP contribution in [0.5, 0.6) is 0 Å². The van der Waals surface area contributed by atoms with Crippen LogP contribution in [0.3, 0.4) is 0 Å². The van der Waals surface area contributed by atoms with Crippen molar-refractivity contribution in [2.75, 3.05) is 25.1 Å². The maximum absolute atomic E-state index is 12.8. The minimum atomic E-state index is -0.615. The van der Waals surface area contributed by atoms with Crippen molar-refractivity contribution in [2.24, 2.45) is 17.3 Å². The third kappa shape index (κ3) is 6.17. The van der Waals surface area contributed by atoms with Crippen molar-refractivity contribution < 1.29 is 9.90 Å². The van der Waals surface area contributed by atoms with Gasteiger partial charge in [0, 0.05) is 24.4 Å². The molecule has 0 spiro atoms. The highest BCUT2D eigenvalue weighted by Crippen LogP contribution is 2.43. The second-order valence-electron chi connectivity index (χ2n) is 10.2. The first kappa shape index (κ1) is 24.4. The van der Waals surface area contributed by atoms with E-state index in [-0.39, 0.29) is 23.3 Å². The van der Waals surface area contributed by atoms with Crippen LogP contribution in [0.2, 0.25) is 0 Å². The van der Waals surface area contributed by atoms with Crippen LogP contribution in [0, 0.1) is 17.3 Å². The lowest BCUT2D eigenvalue weighted by atomic mass is 9.68. The molecule has 0 bridgehead atoms. The van der Waals surface area contributed by atoms with E-state index in [4.69, 9.17) is 11.6 Å². The largest absolute Gasteiger partial charge is 0.376 e. The third-order valence-corrected chi connectivity index (χ3v) is 8.55. The van der Waals surface area contributed by atoms with Gasteiger partial charge in [-0.2, -0.15) is 11.8 Å². The van der Waals surface area contributed by atoms with Gasteiger partial charge in [0.2, 0.25) is 5.91 Å². The quantitative estimate of drug-likeness (QED) is 0.407. The number of hydrogen-bond donors (Lipinski definition) is 2. The predicted octanol–water partition coefficient (Wildman–Crippen LogP) is 4.80. The number of carbonyl (C=O) groups is 1. The van der Waals surface area contributed by atoms with Crippen molar-refractivity contribution in [3.8, 4) is 0 Å². The van der Waals surface area contributed by atoms with Crippen LogP contribution in [-0.2, 0) is 4.79 Å². The van der Waals surface area contributed by atoms with Gasteiger partial charge in [0.25, 0.3) is 0 Å². The number of nitrogens with one attached hydrogen (secondary N) is 1. The van der Waals surface area contributed by atoms with Gasteiger partial charge in [-0.3, -0.25) is 9.69 Å². The zero-order chi connectivity index (χ0) is 21.7. The number of allylic oxidation sites excluding steroid dienone is 2. The number of aliphatic hydroxyl groups excluding tert-OH is 1. The zero-order valence-corrected chi connectivity index (χ0v) is 20.6. The predicted molar refractivity (Wildman–Crippen MR) is 128 cm³/mol. The highest BCUT2D eigenvalue weighted by Gasteiger charge is 2.41. The van der Waals surface area contributed by atoms with E-state index in [0.717, 1.165) is 76.6 Å². The summed E-state index contributed by atoms with van der Waals surface area (Å²) in [6.07, 6.45) is 13.2. The van der Waals surface area contributed by atoms with E-state index in [1.54, 1.807) is 17.3 Å². The first-order chi connectivity index (χ1) is 14.3. The summed E-state index contributed by atoms with van der Waals surface area (Å²) in [6.45, 7) is 6.40. The van der Waals surface area contributed by atoms with Crippen LogP contribution >= 0.6 is 23.4 Å². The maximum Gasteiger partial charge on any atom is 0.223 e. The summed E-state index contributed by atoms with van der Waals surface area (Å²) >= 11 is 8.07. The van der Waals surface area contributed by atoms with E-state index in [9.17, 15) is 9.90 Å². The molecule has 3 aliphatic rings. The van der Waals surface area contributed by atoms with Gasteiger partial charge in [0.05, 0.1) is 6.04 Å². The minimum Gasteiger partial charge on any atom is -0.376 e. The normalized spacial score (nSPS) is 30.0. The van der Waals surface area contributed by atoms with E-state index < -0.39 is 6.23 Å². The average Bonchev–Trinajstić information content (AvgIpc) is 3.25. The monoisotopic (exact) mass is 456 g/mol. The lowest BCUT2D eigenvalue weighted by Crippen LogP contribution is -2.58. The fourth-order valence-electron chi connectivity index (χ4n) is 5.73. The molecule has 172 valence electrons. The lowest BCUT2D eigenvalue weighted by molar-refractivity contribution is -0.129. The summed E-state index contributed by atoms with van der Waals surface area (Å²) < 4.78 is 0. The molecule has 1 heterocycles. The Morgan fingerprint density at radius 3 is 2.67 bits per heavy atom.